The van der Waals surface area contributed by atoms with E-state index in [0.29, 0.717) is 31.4 Å². The molecule has 1 amide bonds. The highest BCUT2D eigenvalue weighted by Crippen LogP contribution is 2.30. The van der Waals surface area contributed by atoms with E-state index in [1.165, 1.54) is 0 Å². The molecule has 3 unspecified atom stereocenters. The van der Waals surface area contributed by atoms with Gasteiger partial charge in [-0.05, 0) is 50.2 Å². The number of carbonyl (C=O) groups excluding carboxylic acids is 1. The van der Waals surface area contributed by atoms with Crippen molar-refractivity contribution in [2.24, 2.45) is 22.6 Å². The van der Waals surface area contributed by atoms with Crippen LogP contribution in [0.4, 0.5) is 0 Å². The van der Waals surface area contributed by atoms with Gasteiger partial charge in [0.1, 0.15) is 16.5 Å². The molecule has 3 rings (SSSR count). The van der Waals surface area contributed by atoms with Gasteiger partial charge in [-0.2, -0.15) is 0 Å². The Morgan fingerprint density at radius 1 is 1.33 bits per heavy atom. The van der Waals surface area contributed by atoms with Gasteiger partial charge in [0.05, 0.1) is 4.90 Å². The molecule has 6 nitrogen and oxygen atoms in total. The monoisotopic (exact) mass is 390 g/mol. The van der Waals surface area contributed by atoms with Gasteiger partial charge in [-0.25, -0.2) is 13.5 Å². The highest BCUT2D eigenvalue weighted by Gasteiger charge is 2.44. The first-order valence-electron chi connectivity index (χ1n) is 9.69. The molecule has 2 aliphatic rings. The largest absolute Gasteiger partial charge is 0.369 e. The lowest BCUT2D eigenvalue weighted by Gasteiger charge is -2.34. The molecule has 2 N–H and O–H groups in total. The van der Waals surface area contributed by atoms with E-state index in [-0.39, 0.29) is 11.8 Å². The number of amides is 1. The fraction of sp³-hybridized carbons (Fsp3) is 0.600. The molecule has 0 spiro atoms. The lowest BCUT2D eigenvalue weighted by molar-refractivity contribution is -0.131. The molecule has 1 aromatic rings. The lowest BCUT2D eigenvalue weighted by atomic mass is 9.90. The van der Waals surface area contributed by atoms with Crippen LogP contribution >= 0.6 is 0 Å². The molecule has 1 fully saturated rings. The minimum atomic E-state index is -1.17. The Bertz CT molecular complexity index is 737. The van der Waals surface area contributed by atoms with Crippen LogP contribution in [-0.2, 0) is 15.8 Å². The summed E-state index contributed by atoms with van der Waals surface area (Å²) in [4.78, 5) is 19.9. The molecule has 27 heavy (non-hydrogen) atoms. The van der Waals surface area contributed by atoms with Crippen molar-refractivity contribution in [3.8, 4) is 0 Å². The second kappa shape index (κ2) is 8.10. The van der Waals surface area contributed by atoms with E-state index >= 15 is 0 Å². The summed E-state index contributed by atoms with van der Waals surface area (Å²) in [6.45, 7) is 8.10. The zero-order valence-corrected chi connectivity index (χ0v) is 17.2. The number of aliphatic imine (C=N–C) groups is 1. The molecule has 0 bridgehead atoms. The number of hydrogen-bond donors (Lipinski definition) is 1. The smallest absolute Gasteiger partial charge is 0.257 e. The minimum Gasteiger partial charge on any atom is -0.369 e. The average Bonchev–Trinajstić information content (AvgIpc) is 2.84. The standard InChI is InChI=1S/C20H30N4O2S/c1-15(2)12-20(3)18(25)24(19(21)22-20)14-16-8-7-11-23(13-16)27(26)17-9-5-4-6-10-17/h4-6,9-10,15-16H,7-8,11-14H2,1-3H3,(H2,21,22). The van der Waals surface area contributed by atoms with E-state index in [1.807, 2.05) is 41.6 Å². The zero-order chi connectivity index (χ0) is 19.6. The molecule has 0 radical (unpaired) electrons. The predicted octanol–water partition coefficient (Wildman–Crippen LogP) is 2.38. The molecule has 1 saturated heterocycles. The average molecular weight is 391 g/mol. The molecule has 7 heteroatoms. The summed E-state index contributed by atoms with van der Waals surface area (Å²) in [5.41, 5.74) is 5.35. The van der Waals surface area contributed by atoms with Crippen molar-refractivity contribution in [1.29, 1.82) is 0 Å². The number of carbonyl (C=O) groups is 1. The highest BCUT2D eigenvalue weighted by atomic mass is 32.2. The molecule has 2 heterocycles. The first-order chi connectivity index (χ1) is 12.8. The van der Waals surface area contributed by atoms with E-state index in [2.05, 4.69) is 18.8 Å². The summed E-state index contributed by atoms with van der Waals surface area (Å²) in [5.74, 6) is 0.930. The number of rotatable bonds is 6. The Balaban J connectivity index is 1.65. The summed E-state index contributed by atoms with van der Waals surface area (Å²) in [6, 6.07) is 9.53. The van der Waals surface area contributed by atoms with Crippen LogP contribution in [0.2, 0.25) is 0 Å². The second-order valence-corrected chi connectivity index (χ2v) is 9.70. The topological polar surface area (TPSA) is 79.0 Å². The van der Waals surface area contributed by atoms with Crippen molar-refractivity contribution < 1.29 is 9.00 Å². The summed E-state index contributed by atoms with van der Waals surface area (Å²) < 4.78 is 14.8. The van der Waals surface area contributed by atoms with Crippen molar-refractivity contribution in [2.75, 3.05) is 19.6 Å². The van der Waals surface area contributed by atoms with E-state index in [4.69, 9.17) is 5.73 Å². The summed E-state index contributed by atoms with van der Waals surface area (Å²) in [7, 11) is -1.17. The van der Waals surface area contributed by atoms with E-state index < -0.39 is 16.5 Å². The third-order valence-corrected chi connectivity index (χ3v) is 6.73. The van der Waals surface area contributed by atoms with Crippen LogP contribution in [0.5, 0.6) is 0 Å². The minimum absolute atomic E-state index is 0.00462. The molecular weight excluding hydrogens is 360 g/mol. The molecule has 0 saturated carbocycles. The third kappa shape index (κ3) is 4.41. The van der Waals surface area contributed by atoms with Crippen LogP contribution in [0.1, 0.15) is 40.0 Å². The summed E-state index contributed by atoms with van der Waals surface area (Å²) >= 11 is 0. The molecule has 0 aromatic heterocycles. The Morgan fingerprint density at radius 2 is 2.04 bits per heavy atom. The van der Waals surface area contributed by atoms with Crippen LogP contribution in [0.15, 0.2) is 40.2 Å². The van der Waals surface area contributed by atoms with Gasteiger partial charge in [-0.15, -0.1) is 0 Å². The van der Waals surface area contributed by atoms with Crippen molar-refractivity contribution in [3.63, 3.8) is 0 Å². The molecular formula is C20H30N4O2S. The quantitative estimate of drug-likeness (QED) is 0.810. The van der Waals surface area contributed by atoms with Crippen LogP contribution in [0.3, 0.4) is 0 Å². The SMILES string of the molecule is CC(C)CC1(C)N=C(N)N(CC2CCCN(S(=O)c3ccccc3)C2)C1=O. The number of hydrogen-bond acceptors (Lipinski definition) is 4. The first kappa shape index (κ1) is 20.0. The fourth-order valence-electron chi connectivity index (χ4n) is 4.13. The summed E-state index contributed by atoms with van der Waals surface area (Å²) in [5, 5.41) is 0. The Morgan fingerprint density at radius 3 is 2.70 bits per heavy atom. The number of guanidine groups is 1. The van der Waals surface area contributed by atoms with Crippen LogP contribution in [-0.4, -0.2) is 50.5 Å². The first-order valence-corrected chi connectivity index (χ1v) is 10.8. The van der Waals surface area contributed by atoms with Crippen molar-refractivity contribution >= 4 is 22.9 Å². The molecule has 3 atom stereocenters. The van der Waals surface area contributed by atoms with Crippen molar-refractivity contribution in [2.45, 2.75) is 50.5 Å². The number of nitrogens with two attached hydrogens (primary N) is 1. The van der Waals surface area contributed by atoms with Gasteiger partial charge in [0.15, 0.2) is 5.96 Å². The fourth-order valence-corrected chi connectivity index (χ4v) is 5.46. The maximum Gasteiger partial charge on any atom is 0.257 e. The van der Waals surface area contributed by atoms with Crippen molar-refractivity contribution in [3.05, 3.63) is 30.3 Å². The molecule has 1 aromatic carbocycles. The number of nitrogens with zero attached hydrogens (tertiary/aromatic N) is 3. The van der Waals surface area contributed by atoms with Gasteiger partial charge in [0.25, 0.3) is 5.91 Å². The van der Waals surface area contributed by atoms with Gasteiger partial charge in [-0.3, -0.25) is 9.69 Å². The van der Waals surface area contributed by atoms with Crippen LogP contribution in [0, 0.1) is 11.8 Å². The summed E-state index contributed by atoms with van der Waals surface area (Å²) in [6.07, 6.45) is 2.66. The predicted molar refractivity (Wildman–Crippen MR) is 108 cm³/mol. The number of piperidine rings is 1. The Labute approximate surface area is 164 Å². The third-order valence-electron chi connectivity index (χ3n) is 5.25. The van der Waals surface area contributed by atoms with Crippen LogP contribution in [0.25, 0.3) is 0 Å². The van der Waals surface area contributed by atoms with Crippen LogP contribution < -0.4 is 5.73 Å². The van der Waals surface area contributed by atoms with E-state index in [0.717, 1.165) is 24.3 Å². The van der Waals surface area contributed by atoms with Gasteiger partial charge in [0.2, 0.25) is 0 Å². The maximum absolute atomic E-state index is 12.9. The van der Waals surface area contributed by atoms with Gasteiger partial charge in [-0.1, -0.05) is 32.0 Å². The van der Waals surface area contributed by atoms with Gasteiger partial charge in [0, 0.05) is 19.6 Å². The number of benzene rings is 1. The van der Waals surface area contributed by atoms with E-state index in [9.17, 15) is 9.00 Å². The molecule has 148 valence electrons. The maximum atomic E-state index is 12.9. The highest BCUT2D eigenvalue weighted by molar-refractivity contribution is 7.82. The lowest BCUT2D eigenvalue weighted by Crippen LogP contribution is -2.48. The van der Waals surface area contributed by atoms with Gasteiger partial charge < -0.3 is 5.73 Å². The molecule has 2 aliphatic heterocycles. The normalized spacial score (nSPS) is 27.9. The Hall–Kier alpha value is -1.73. The van der Waals surface area contributed by atoms with E-state index in [1.54, 1.807) is 4.90 Å². The molecule has 0 aliphatic carbocycles. The second-order valence-electron chi connectivity index (χ2n) is 8.22. The zero-order valence-electron chi connectivity index (χ0n) is 16.4. The Kier molecular flexibility index (Phi) is 6.01. The van der Waals surface area contributed by atoms with Gasteiger partial charge >= 0.3 is 0 Å². The van der Waals surface area contributed by atoms with Crippen molar-refractivity contribution in [1.82, 2.24) is 9.21 Å².